The fourth-order valence-electron chi connectivity index (χ4n) is 2.53. The first-order chi connectivity index (χ1) is 8.84. The molecule has 2 saturated carbocycles. The molecule has 0 aromatic rings. The number of hydrogen-bond acceptors (Lipinski definition) is 5. The first-order valence-electron chi connectivity index (χ1n) is 6.99. The monoisotopic (exact) mass is 277 g/mol. The van der Waals surface area contributed by atoms with Crippen molar-refractivity contribution >= 4 is 8.25 Å². The third kappa shape index (κ3) is 5.29. The summed E-state index contributed by atoms with van der Waals surface area (Å²) in [6.45, 7) is 0. The highest BCUT2D eigenvalue weighted by molar-refractivity contribution is 7.32. The van der Waals surface area contributed by atoms with E-state index in [1.807, 2.05) is 0 Å². The molecule has 2 fully saturated rings. The molecule has 0 amide bonds. The minimum atomic E-state index is -2.32. The van der Waals surface area contributed by atoms with Gasteiger partial charge in [-0.25, -0.2) is 14.3 Å². The molecule has 0 unspecified atom stereocenters. The second-order valence-electron chi connectivity index (χ2n) is 5.09. The standard InChI is InChI=1S/C12H22O5P/c13-18(16-14-11-7-3-1-4-8-11)17-15-12-9-5-2-6-10-12/h11-12H,1-10H2. The molecular formula is C12H22O5P. The van der Waals surface area contributed by atoms with Crippen molar-refractivity contribution in [3.8, 4) is 0 Å². The number of rotatable bonds is 6. The van der Waals surface area contributed by atoms with Gasteiger partial charge in [0, 0.05) is 0 Å². The van der Waals surface area contributed by atoms with Gasteiger partial charge < -0.3 is 0 Å². The highest BCUT2D eigenvalue weighted by Gasteiger charge is 2.19. The van der Waals surface area contributed by atoms with Gasteiger partial charge in [0.2, 0.25) is 0 Å². The van der Waals surface area contributed by atoms with Crippen LogP contribution in [-0.4, -0.2) is 12.2 Å². The third-order valence-electron chi connectivity index (χ3n) is 3.58. The lowest BCUT2D eigenvalue weighted by atomic mass is 9.98. The molecule has 0 aromatic heterocycles. The summed E-state index contributed by atoms with van der Waals surface area (Å²) >= 11 is 0. The molecule has 0 spiro atoms. The van der Waals surface area contributed by atoms with Crippen LogP contribution >= 0.6 is 8.25 Å². The average Bonchev–Trinajstić information content (AvgIpc) is 2.45. The van der Waals surface area contributed by atoms with Crippen molar-refractivity contribution in [3.05, 3.63) is 0 Å². The molecule has 0 N–H and O–H groups in total. The Hall–Kier alpha value is -0.0600. The molecule has 105 valence electrons. The first-order valence-corrected chi connectivity index (χ1v) is 8.08. The van der Waals surface area contributed by atoms with E-state index in [0.29, 0.717) is 0 Å². The van der Waals surface area contributed by atoms with Crippen LogP contribution in [0.5, 0.6) is 0 Å². The Morgan fingerprint density at radius 1 is 0.667 bits per heavy atom. The third-order valence-corrected chi connectivity index (χ3v) is 4.00. The summed E-state index contributed by atoms with van der Waals surface area (Å²) in [4.78, 5) is 10.2. The lowest BCUT2D eigenvalue weighted by Gasteiger charge is -2.21. The van der Waals surface area contributed by atoms with E-state index in [4.69, 9.17) is 19.1 Å². The second-order valence-corrected chi connectivity index (χ2v) is 5.83. The van der Waals surface area contributed by atoms with Gasteiger partial charge in [0.1, 0.15) is 0 Å². The molecule has 2 rings (SSSR count). The van der Waals surface area contributed by atoms with Crippen molar-refractivity contribution in [1.82, 2.24) is 0 Å². The smallest absolute Gasteiger partial charge is 0.220 e. The fourth-order valence-corrected chi connectivity index (χ4v) is 2.94. The quantitative estimate of drug-likeness (QED) is 0.413. The van der Waals surface area contributed by atoms with Crippen LogP contribution in [-0.2, 0) is 23.7 Å². The maximum absolute atomic E-state index is 11.4. The molecule has 0 aliphatic heterocycles. The van der Waals surface area contributed by atoms with E-state index >= 15 is 0 Å². The van der Waals surface area contributed by atoms with Crippen molar-refractivity contribution in [2.45, 2.75) is 76.4 Å². The number of hydrogen-bond donors (Lipinski definition) is 0. The summed E-state index contributed by atoms with van der Waals surface area (Å²) in [7, 11) is -2.32. The van der Waals surface area contributed by atoms with E-state index in [9.17, 15) is 4.57 Å². The van der Waals surface area contributed by atoms with Crippen LogP contribution in [0.25, 0.3) is 0 Å². The molecule has 0 heterocycles. The summed E-state index contributed by atoms with van der Waals surface area (Å²) in [5, 5.41) is 0. The van der Waals surface area contributed by atoms with Gasteiger partial charge in [-0.1, -0.05) is 38.5 Å². The molecule has 18 heavy (non-hydrogen) atoms. The van der Waals surface area contributed by atoms with Gasteiger partial charge in [0.15, 0.2) is 0 Å². The zero-order valence-electron chi connectivity index (χ0n) is 10.7. The van der Waals surface area contributed by atoms with E-state index in [-0.39, 0.29) is 12.2 Å². The van der Waals surface area contributed by atoms with Gasteiger partial charge in [-0.3, -0.25) is 0 Å². The van der Waals surface area contributed by atoms with Crippen molar-refractivity contribution in [2.24, 2.45) is 0 Å². The highest BCUT2D eigenvalue weighted by Crippen LogP contribution is 2.31. The van der Waals surface area contributed by atoms with E-state index in [1.54, 1.807) is 0 Å². The van der Waals surface area contributed by atoms with Gasteiger partial charge in [-0.2, -0.15) is 0 Å². The van der Waals surface area contributed by atoms with E-state index in [1.165, 1.54) is 12.8 Å². The summed E-state index contributed by atoms with van der Waals surface area (Å²) < 4.78 is 20.9. The zero-order valence-corrected chi connectivity index (χ0v) is 11.6. The van der Waals surface area contributed by atoms with Crippen molar-refractivity contribution in [1.29, 1.82) is 0 Å². The largest absolute Gasteiger partial charge is 0.427 e. The Morgan fingerprint density at radius 3 is 1.44 bits per heavy atom. The van der Waals surface area contributed by atoms with Crippen LogP contribution in [0.15, 0.2) is 0 Å². The molecule has 0 saturated heterocycles. The average molecular weight is 277 g/mol. The topological polar surface area (TPSA) is 54.0 Å². The molecule has 1 radical (unpaired) electrons. The molecule has 0 atom stereocenters. The SMILES string of the molecule is O=[P](OOC1CCCCC1)OOC1CCCCC1. The molecule has 0 aromatic carbocycles. The van der Waals surface area contributed by atoms with Crippen molar-refractivity contribution < 1.29 is 23.7 Å². The summed E-state index contributed by atoms with van der Waals surface area (Å²) in [5.41, 5.74) is 0. The maximum Gasteiger partial charge on any atom is 0.427 e. The normalized spacial score (nSPS) is 23.1. The van der Waals surface area contributed by atoms with Gasteiger partial charge in [0.05, 0.1) is 12.2 Å². The summed E-state index contributed by atoms with van der Waals surface area (Å²) in [6, 6.07) is 0. The van der Waals surface area contributed by atoms with Crippen LogP contribution in [0.3, 0.4) is 0 Å². The van der Waals surface area contributed by atoms with Crippen molar-refractivity contribution in [3.63, 3.8) is 0 Å². The van der Waals surface area contributed by atoms with Crippen LogP contribution in [0.2, 0.25) is 0 Å². The first kappa shape index (κ1) is 14.4. The van der Waals surface area contributed by atoms with Gasteiger partial charge in [-0.15, -0.1) is 9.35 Å². The van der Waals surface area contributed by atoms with Gasteiger partial charge in [0.25, 0.3) is 0 Å². The van der Waals surface area contributed by atoms with E-state index in [2.05, 4.69) is 0 Å². The predicted octanol–water partition coefficient (Wildman–Crippen LogP) is 4.21. The van der Waals surface area contributed by atoms with E-state index in [0.717, 1.165) is 51.4 Å². The second kappa shape index (κ2) is 8.18. The van der Waals surface area contributed by atoms with Gasteiger partial charge >= 0.3 is 8.25 Å². The van der Waals surface area contributed by atoms with Crippen molar-refractivity contribution in [2.75, 3.05) is 0 Å². The lowest BCUT2D eigenvalue weighted by molar-refractivity contribution is -0.297. The minimum Gasteiger partial charge on any atom is -0.220 e. The van der Waals surface area contributed by atoms with Crippen LogP contribution < -0.4 is 0 Å². The Kier molecular flexibility index (Phi) is 6.52. The minimum absolute atomic E-state index is 0.0518. The Morgan fingerprint density at radius 2 is 1.06 bits per heavy atom. The lowest BCUT2D eigenvalue weighted by Crippen LogP contribution is -2.17. The molecule has 2 aliphatic carbocycles. The van der Waals surface area contributed by atoms with E-state index < -0.39 is 8.25 Å². The zero-order chi connectivity index (χ0) is 12.6. The Labute approximate surface area is 109 Å². The Bertz CT molecular complexity index is 225. The molecule has 5 nitrogen and oxygen atoms in total. The molecule has 0 bridgehead atoms. The van der Waals surface area contributed by atoms with Crippen LogP contribution in [0.1, 0.15) is 64.2 Å². The molecular weight excluding hydrogens is 255 g/mol. The molecule has 2 aliphatic rings. The van der Waals surface area contributed by atoms with Crippen LogP contribution in [0, 0.1) is 0 Å². The predicted molar refractivity (Wildman–Crippen MR) is 65.7 cm³/mol. The molecule has 6 heteroatoms. The van der Waals surface area contributed by atoms with Gasteiger partial charge in [-0.05, 0) is 25.7 Å². The summed E-state index contributed by atoms with van der Waals surface area (Å²) in [6.07, 6.45) is 11.0. The van der Waals surface area contributed by atoms with Crippen LogP contribution in [0.4, 0.5) is 0 Å². The Balaban J connectivity index is 1.54. The summed E-state index contributed by atoms with van der Waals surface area (Å²) in [5.74, 6) is 0. The fraction of sp³-hybridized carbons (Fsp3) is 1.00. The highest BCUT2D eigenvalue weighted by atomic mass is 31.1. The maximum atomic E-state index is 11.4.